The van der Waals surface area contributed by atoms with Crippen molar-refractivity contribution >= 4 is 21.6 Å². The van der Waals surface area contributed by atoms with Gasteiger partial charge in [-0.3, -0.25) is 0 Å². The molecule has 1 atom stereocenters. The molecule has 1 heterocycles. The fraction of sp³-hybridized carbons (Fsp3) is 0.571. The topological polar surface area (TPSA) is 21.3 Å². The third-order valence-corrected chi connectivity index (χ3v) is 4.51. The van der Waals surface area contributed by atoms with Gasteiger partial charge in [-0.2, -0.15) is 0 Å². The first kappa shape index (κ1) is 12.9. The molecule has 1 aliphatic heterocycles. The Morgan fingerprint density at radius 3 is 2.65 bits per heavy atom. The van der Waals surface area contributed by atoms with Crippen LogP contribution in [0, 0.1) is 13.8 Å². The maximum Gasteiger partial charge on any atom is 0.0592 e. The summed E-state index contributed by atoms with van der Waals surface area (Å²) in [6.45, 7) is 6.19. The summed E-state index contributed by atoms with van der Waals surface area (Å²) >= 11 is 3.59. The van der Waals surface area contributed by atoms with Gasteiger partial charge >= 0.3 is 0 Å². The van der Waals surface area contributed by atoms with E-state index in [1.165, 1.54) is 34.1 Å². The van der Waals surface area contributed by atoms with E-state index < -0.39 is 0 Å². The number of nitrogens with one attached hydrogen (secondary N) is 1. The van der Waals surface area contributed by atoms with E-state index in [9.17, 15) is 0 Å². The Hall–Kier alpha value is -0.540. The summed E-state index contributed by atoms with van der Waals surface area (Å²) in [5.41, 5.74) is 3.77. The Morgan fingerprint density at radius 1 is 1.35 bits per heavy atom. The molecule has 17 heavy (non-hydrogen) atoms. The molecular formula is C14H20BrNO. The molecule has 1 aliphatic rings. The number of hydrogen-bond donors (Lipinski definition) is 1. The number of anilines is 1. The van der Waals surface area contributed by atoms with Crippen molar-refractivity contribution in [3.63, 3.8) is 0 Å². The van der Waals surface area contributed by atoms with E-state index in [0.717, 1.165) is 19.6 Å². The lowest BCUT2D eigenvalue weighted by Gasteiger charge is -2.13. The van der Waals surface area contributed by atoms with Gasteiger partial charge in [0.2, 0.25) is 0 Å². The van der Waals surface area contributed by atoms with Crippen LogP contribution in [0.2, 0.25) is 0 Å². The molecule has 1 unspecified atom stereocenters. The van der Waals surface area contributed by atoms with Crippen LogP contribution in [0.1, 0.15) is 30.4 Å². The predicted octanol–water partition coefficient (Wildman–Crippen LogP) is 4.05. The highest BCUT2D eigenvalue weighted by Crippen LogP contribution is 2.25. The first-order chi connectivity index (χ1) is 8.16. The van der Waals surface area contributed by atoms with Crippen molar-refractivity contribution in [1.82, 2.24) is 0 Å². The number of aryl methyl sites for hydroxylation is 2. The minimum absolute atomic E-state index is 0.472. The maximum absolute atomic E-state index is 5.61. The molecule has 2 nitrogen and oxygen atoms in total. The SMILES string of the molecule is Cc1cc(NCCC2CCCO2)cc(C)c1Br. The molecule has 1 aromatic carbocycles. The number of benzene rings is 1. The lowest BCUT2D eigenvalue weighted by Crippen LogP contribution is -2.12. The molecule has 94 valence electrons. The summed E-state index contributed by atoms with van der Waals surface area (Å²) in [5.74, 6) is 0. The third kappa shape index (κ3) is 3.46. The van der Waals surface area contributed by atoms with Gasteiger partial charge in [-0.15, -0.1) is 0 Å². The lowest BCUT2D eigenvalue weighted by molar-refractivity contribution is 0.107. The molecule has 0 amide bonds. The normalized spacial score (nSPS) is 19.6. The average molecular weight is 298 g/mol. The number of hydrogen-bond acceptors (Lipinski definition) is 2. The summed E-state index contributed by atoms with van der Waals surface area (Å²) in [4.78, 5) is 0. The van der Waals surface area contributed by atoms with Gasteiger partial charge in [0.1, 0.15) is 0 Å². The molecular weight excluding hydrogens is 278 g/mol. The van der Waals surface area contributed by atoms with Crippen LogP contribution in [0.3, 0.4) is 0 Å². The smallest absolute Gasteiger partial charge is 0.0592 e. The first-order valence-electron chi connectivity index (χ1n) is 6.29. The number of rotatable bonds is 4. The second-order valence-electron chi connectivity index (χ2n) is 4.77. The lowest BCUT2D eigenvalue weighted by atomic mass is 10.1. The van der Waals surface area contributed by atoms with Crippen LogP contribution < -0.4 is 5.32 Å². The summed E-state index contributed by atoms with van der Waals surface area (Å²) in [5, 5.41) is 3.48. The predicted molar refractivity (Wildman–Crippen MR) is 75.7 cm³/mol. The van der Waals surface area contributed by atoms with Crippen LogP contribution in [0.4, 0.5) is 5.69 Å². The molecule has 0 bridgehead atoms. The van der Waals surface area contributed by atoms with Gasteiger partial charge in [-0.1, -0.05) is 15.9 Å². The molecule has 0 aromatic heterocycles. The molecule has 1 fully saturated rings. The van der Waals surface area contributed by atoms with Crippen molar-refractivity contribution in [1.29, 1.82) is 0 Å². The second kappa shape index (κ2) is 5.87. The van der Waals surface area contributed by atoms with Gasteiger partial charge in [0.25, 0.3) is 0 Å². The Bertz CT molecular complexity index is 363. The van der Waals surface area contributed by atoms with E-state index in [-0.39, 0.29) is 0 Å². The monoisotopic (exact) mass is 297 g/mol. The molecule has 2 rings (SSSR count). The van der Waals surface area contributed by atoms with Crippen LogP contribution in [0.5, 0.6) is 0 Å². The Labute approximate surface area is 112 Å². The Kier molecular flexibility index (Phi) is 4.46. The molecule has 3 heteroatoms. The largest absolute Gasteiger partial charge is 0.385 e. The highest BCUT2D eigenvalue weighted by Gasteiger charge is 2.14. The zero-order valence-electron chi connectivity index (χ0n) is 10.6. The van der Waals surface area contributed by atoms with Crippen LogP contribution in [-0.4, -0.2) is 19.3 Å². The highest BCUT2D eigenvalue weighted by molar-refractivity contribution is 9.10. The molecule has 1 aromatic rings. The van der Waals surface area contributed by atoms with E-state index in [1.807, 2.05) is 0 Å². The van der Waals surface area contributed by atoms with Crippen molar-refractivity contribution in [2.24, 2.45) is 0 Å². The average Bonchev–Trinajstić information content (AvgIpc) is 2.79. The zero-order chi connectivity index (χ0) is 12.3. The van der Waals surface area contributed by atoms with E-state index in [4.69, 9.17) is 4.74 Å². The van der Waals surface area contributed by atoms with E-state index in [0.29, 0.717) is 6.10 Å². The Morgan fingerprint density at radius 2 is 2.06 bits per heavy atom. The van der Waals surface area contributed by atoms with Crippen LogP contribution >= 0.6 is 15.9 Å². The number of ether oxygens (including phenoxy) is 1. The maximum atomic E-state index is 5.61. The number of halogens is 1. The fourth-order valence-electron chi connectivity index (χ4n) is 2.30. The summed E-state index contributed by atoms with van der Waals surface area (Å²) in [6, 6.07) is 4.37. The minimum atomic E-state index is 0.472. The van der Waals surface area contributed by atoms with Crippen molar-refractivity contribution in [3.8, 4) is 0 Å². The van der Waals surface area contributed by atoms with Crippen molar-refractivity contribution < 1.29 is 4.74 Å². The van der Waals surface area contributed by atoms with E-state index in [2.05, 4.69) is 47.2 Å². The molecule has 0 spiro atoms. The van der Waals surface area contributed by atoms with Crippen molar-refractivity contribution in [2.45, 2.75) is 39.2 Å². The molecule has 0 radical (unpaired) electrons. The van der Waals surface area contributed by atoms with Gasteiger partial charge in [-0.05, 0) is 56.4 Å². The summed E-state index contributed by atoms with van der Waals surface area (Å²) in [6.07, 6.45) is 4.02. The fourth-order valence-corrected chi connectivity index (χ4v) is 2.53. The second-order valence-corrected chi connectivity index (χ2v) is 5.57. The first-order valence-corrected chi connectivity index (χ1v) is 7.08. The third-order valence-electron chi connectivity index (χ3n) is 3.26. The Balaban J connectivity index is 1.86. The van der Waals surface area contributed by atoms with E-state index in [1.54, 1.807) is 0 Å². The van der Waals surface area contributed by atoms with Crippen LogP contribution in [-0.2, 0) is 4.74 Å². The molecule has 1 N–H and O–H groups in total. The zero-order valence-corrected chi connectivity index (χ0v) is 12.1. The van der Waals surface area contributed by atoms with Gasteiger partial charge in [0, 0.05) is 23.3 Å². The van der Waals surface area contributed by atoms with Gasteiger partial charge in [0.05, 0.1) is 6.10 Å². The minimum Gasteiger partial charge on any atom is -0.385 e. The van der Waals surface area contributed by atoms with Crippen LogP contribution in [0.15, 0.2) is 16.6 Å². The standard InChI is InChI=1S/C14H20BrNO/c1-10-8-12(9-11(2)14(10)15)16-6-5-13-4-3-7-17-13/h8-9,13,16H,3-7H2,1-2H3. The quantitative estimate of drug-likeness (QED) is 0.905. The molecule has 1 saturated heterocycles. The molecule has 0 saturated carbocycles. The highest BCUT2D eigenvalue weighted by atomic mass is 79.9. The van der Waals surface area contributed by atoms with E-state index >= 15 is 0 Å². The molecule has 0 aliphatic carbocycles. The van der Waals surface area contributed by atoms with Gasteiger partial charge in [0.15, 0.2) is 0 Å². The van der Waals surface area contributed by atoms with Crippen LogP contribution in [0.25, 0.3) is 0 Å². The van der Waals surface area contributed by atoms with Crippen molar-refractivity contribution in [2.75, 3.05) is 18.5 Å². The van der Waals surface area contributed by atoms with Gasteiger partial charge in [-0.25, -0.2) is 0 Å². The summed E-state index contributed by atoms with van der Waals surface area (Å²) < 4.78 is 6.82. The summed E-state index contributed by atoms with van der Waals surface area (Å²) in [7, 11) is 0. The van der Waals surface area contributed by atoms with Gasteiger partial charge < -0.3 is 10.1 Å². The van der Waals surface area contributed by atoms with Crippen molar-refractivity contribution in [3.05, 3.63) is 27.7 Å².